The van der Waals surface area contributed by atoms with Crippen LogP contribution in [0.5, 0.6) is 5.88 Å². The quantitative estimate of drug-likeness (QED) is 0.838. The highest BCUT2D eigenvalue weighted by molar-refractivity contribution is 5.20. The molecule has 0 radical (unpaired) electrons. The first-order valence-electron chi connectivity index (χ1n) is 6.05. The average molecular weight is 225 g/mol. The average Bonchev–Trinajstić information content (AvgIpc) is 2.58. The van der Waals surface area contributed by atoms with Crippen LogP contribution in [0.1, 0.15) is 65.5 Å². The summed E-state index contributed by atoms with van der Waals surface area (Å²) < 4.78 is 1.65. The Balaban J connectivity index is 2.95. The van der Waals surface area contributed by atoms with Crippen LogP contribution >= 0.6 is 0 Å². The Bertz CT molecular complexity index is 342. The van der Waals surface area contributed by atoms with Crippen molar-refractivity contribution in [1.29, 1.82) is 0 Å². The Kier molecular flexibility index (Phi) is 3.94. The first-order chi connectivity index (χ1) is 7.40. The highest BCUT2D eigenvalue weighted by Crippen LogP contribution is 2.30. The minimum Gasteiger partial charge on any atom is -0.492 e. The standard InChI is InChI=1S/C12H23N3O/c1-6-7-8-12(4,5)15-11(16)10(9(2)3)13-14-15/h9,16H,6-8H2,1-5H3. The van der Waals surface area contributed by atoms with E-state index in [0.29, 0.717) is 5.69 Å². The van der Waals surface area contributed by atoms with E-state index in [4.69, 9.17) is 0 Å². The van der Waals surface area contributed by atoms with Crippen LogP contribution in [0.15, 0.2) is 0 Å². The first kappa shape index (κ1) is 13.0. The van der Waals surface area contributed by atoms with Crippen LogP contribution in [-0.2, 0) is 5.54 Å². The van der Waals surface area contributed by atoms with Gasteiger partial charge >= 0.3 is 0 Å². The molecular formula is C12H23N3O. The second-order valence-corrected chi connectivity index (χ2v) is 5.28. The molecule has 0 bridgehead atoms. The summed E-state index contributed by atoms with van der Waals surface area (Å²) in [5, 5.41) is 18.2. The third kappa shape index (κ3) is 2.54. The maximum Gasteiger partial charge on any atom is 0.234 e. The van der Waals surface area contributed by atoms with E-state index in [1.54, 1.807) is 4.68 Å². The lowest BCUT2D eigenvalue weighted by atomic mass is 9.97. The van der Waals surface area contributed by atoms with Crippen molar-refractivity contribution in [2.75, 3.05) is 0 Å². The van der Waals surface area contributed by atoms with E-state index in [0.717, 1.165) is 19.3 Å². The molecule has 1 rings (SSSR count). The molecular weight excluding hydrogens is 202 g/mol. The van der Waals surface area contributed by atoms with Gasteiger partial charge < -0.3 is 5.11 Å². The van der Waals surface area contributed by atoms with E-state index >= 15 is 0 Å². The number of aromatic nitrogens is 3. The fourth-order valence-electron chi connectivity index (χ4n) is 1.79. The van der Waals surface area contributed by atoms with Crippen molar-refractivity contribution in [1.82, 2.24) is 15.0 Å². The molecule has 1 aromatic rings. The van der Waals surface area contributed by atoms with Crippen LogP contribution in [0.25, 0.3) is 0 Å². The van der Waals surface area contributed by atoms with Crippen molar-refractivity contribution in [3.8, 4) is 5.88 Å². The van der Waals surface area contributed by atoms with Crippen LogP contribution in [0.4, 0.5) is 0 Å². The second kappa shape index (κ2) is 4.85. The summed E-state index contributed by atoms with van der Waals surface area (Å²) in [5.74, 6) is 0.423. The molecule has 0 saturated carbocycles. The van der Waals surface area contributed by atoms with Crippen LogP contribution in [0.3, 0.4) is 0 Å². The summed E-state index contributed by atoms with van der Waals surface area (Å²) in [4.78, 5) is 0. The minimum absolute atomic E-state index is 0.166. The number of hydrogen-bond acceptors (Lipinski definition) is 3. The number of aromatic hydroxyl groups is 1. The molecule has 0 aliphatic carbocycles. The smallest absolute Gasteiger partial charge is 0.234 e. The Hall–Kier alpha value is -1.06. The highest BCUT2D eigenvalue weighted by atomic mass is 16.3. The lowest BCUT2D eigenvalue weighted by Crippen LogP contribution is -2.27. The van der Waals surface area contributed by atoms with Crippen LogP contribution in [0, 0.1) is 0 Å². The lowest BCUT2D eigenvalue weighted by molar-refractivity contribution is 0.245. The topological polar surface area (TPSA) is 50.9 Å². The lowest BCUT2D eigenvalue weighted by Gasteiger charge is -2.25. The van der Waals surface area contributed by atoms with E-state index < -0.39 is 0 Å². The van der Waals surface area contributed by atoms with Crippen molar-refractivity contribution in [2.24, 2.45) is 0 Å². The van der Waals surface area contributed by atoms with E-state index in [1.165, 1.54) is 0 Å². The zero-order chi connectivity index (χ0) is 12.3. The summed E-state index contributed by atoms with van der Waals surface area (Å²) >= 11 is 0. The van der Waals surface area contributed by atoms with Gasteiger partial charge in [-0.25, -0.2) is 4.68 Å². The van der Waals surface area contributed by atoms with Crippen molar-refractivity contribution >= 4 is 0 Å². The van der Waals surface area contributed by atoms with E-state index in [-0.39, 0.29) is 17.3 Å². The summed E-state index contributed by atoms with van der Waals surface area (Å²) in [6.45, 7) is 10.3. The van der Waals surface area contributed by atoms with E-state index in [9.17, 15) is 5.11 Å². The Morgan fingerprint density at radius 3 is 2.44 bits per heavy atom. The number of rotatable bonds is 5. The number of hydrogen-bond donors (Lipinski definition) is 1. The Morgan fingerprint density at radius 1 is 1.38 bits per heavy atom. The van der Waals surface area contributed by atoms with E-state index in [1.807, 2.05) is 13.8 Å². The predicted molar refractivity (Wildman–Crippen MR) is 64.6 cm³/mol. The largest absolute Gasteiger partial charge is 0.492 e. The summed E-state index contributed by atoms with van der Waals surface area (Å²) in [7, 11) is 0. The summed E-state index contributed by atoms with van der Waals surface area (Å²) in [6, 6.07) is 0. The van der Waals surface area contributed by atoms with Crippen molar-refractivity contribution < 1.29 is 5.11 Å². The molecule has 1 aromatic heterocycles. The Morgan fingerprint density at radius 2 is 2.00 bits per heavy atom. The molecule has 0 unspecified atom stereocenters. The maximum atomic E-state index is 10.1. The number of unbranched alkanes of at least 4 members (excludes halogenated alkanes) is 1. The fourth-order valence-corrected chi connectivity index (χ4v) is 1.79. The molecule has 0 aliphatic heterocycles. The Labute approximate surface area is 97.7 Å². The van der Waals surface area contributed by atoms with Gasteiger partial charge in [-0.2, -0.15) is 0 Å². The molecule has 0 fully saturated rings. The van der Waals surface area contributed by atoms with Crippen LogP contribution in [-0.4, -0.2) is 20.1 Å². The summed E-state index contributed by atoms with van der Waals surface area (Å²) in [5.41, 5.74) is 0.518. The van der Waals surface area contributed by atoms with Crippen molar-refractivity contribution in [3.63, 3.8) is 0 Å². The highest BCUT2D eigenvalue weighted by Gasteiger charge is 2.26. The molecule has 1 heterocycles. The molecule has 0 saturated heterocycles. The normalized spacial score (nSPS) is 12.4. The van der Waals surface area contributed by atoms with Crippen molar-refractivity contribution in [2.45, 2.75) is 65.3 Å². The molecule has 0 aliphatic rings. The SMILES string of the molecule is CCCCC(C)(C)n1nnc(C(C)C)c1O. The zero-order valence-corrected chi connectivity index (χ0v) is 11.0. The van der Waals surface area contributed by atoms with Gasteiger partial charge in [0.15, 0.2) is 0 Å². The molecule has 0 atom stereocenters. The van der Waals surface area contributed by atoms with Crippen molar-refractivity contribution in [3.05, 3.63) is 5.69 Å². The molecule has 4 heteroatoms. The molecule has 16 heavy (non-hydrogen) atoms. The third-order valence-corrected chi connectivity index (χ3v) is 2.93. The molecule has 4 nitrogen and oxygen atoms in total. The number of nitrogens with zero attached hydrogens (tertiary/aromatic N) is 3. The van der Waals surface area contributed by atoms with Gasteiger partial charge in [0, 0.05) is 5.92 Å². The van der Waals surface area contributed by atoms with E-state index in [2.05, 4.69) is 31.1 Å². The zero-order valence-electron chi connectivity index (χ0n) is 11.0. The van der Waals surface area contributed by atoms with Gasteiger partial charge in [-0.05, 0) is 20.3 Å². The molecule has 92 valence electrons. The molecule has 0 amide bonds. The van der Waals surface area contributed by atoms with Gasteiger partial charge in [0.25, 0.3) is 0 Å². The van der Waals surface area contributed by atoms with Gasteiger partial charge in [0.2, 0.25) is 5.88 Å². The van der Waals surface area contributed by atoms with Gasteiger partial charge in [0.05, 0.1) is 5.54 Å². The maximum absolute atomic E-state index is 10.1. The third-order valence-electron chi connectivity index (χ3n) is 2.93. The van der Waals surface area contributed by atoms with Crippen LogP contribution in [0.2, 0.25) is 0 Å². The van der Waals surface area contributed by atoms with Gasteiger partial charge in [0.1, 0.15) is 5.69 Å². The fraction of sp³-hybridized carbons (Fsp3) is 0.833. The summed E-state index contributed by atoms with van der Waals surface area (Å²) in [6.07, 6.45) is 3.27. The monoisotopic (exact) mass is 225 g/mol. The van der Waals surface area contributed by atoms with Gasteiger partial charge in [-0.15, -0.1) is 5.10 Å². The van der Waals surface area contributed by atoms with Gasteiger partial charge in [-0.3, -0.25) is 0 Å². The molecule has 0 spiro atoms. The van der Waals surface area contributed by atoms with Crippen LogP contribution < -0.4 is 0 Å². The molecule has 1 N–H and O–H groups in total. The van der Waals surface area contributed by atoms with Gasteiger partial charge in [-0.1, -0.05) is 38.8 Å². The molecule has 0 aromatic carbocycles. The minimum atomic E-state index is -0.166. The first-order valence-corrected chi connectivity index (χ1v) is 6.05. The second-order valence-electron chi connectivity index (χ2n) is 5.28. The predicted octanol–water partition coefficient (Wildman–Crippen LogP) is 3.03.